The smallest absolute Gasteiger partial charge is 0.305 e. The fourth-order valence-electron chi connectivity index (χ4n) is 0.844. The van der Waals surface area contributed by atoms with E-state index in [0.717, 1.165) is 0 Å². The van der Waals surface area contributed by atoms with E-state index < -0.39 is 18.0 Å². The zero-order chi connectivity index (χ0) is 12.4. The van der Waals surface area contributed by atoms with Crippen LogP contribution in [0.15, 0.2) is 0 Å². The number of esters is 1. The van der Waals surface area contributed by atoms with Gasteiger partial charge in [-0.2, -0.15) is 0 Å². The summed E-state index contributed by atoms with van der Waals surface area (Å²) in [5.74, 6) is -1.93. The molecule has 0 heterocycles. The van der Waals surface area contributed by atoms with Gasteiger partial charge < -0.3 is 30.2 Å². The molecule has 0 saturated carbocycles. The molecule has 0 aliphatic rings. The Morgan fingerprint density at radius 1 is 1.31 bits per heavy atom. The van der Waals surface area contributed by atoms with E-state index in [1.807, 2.05) is 0 Å². The average Bonchev–Trinajstić information content (AvgIpc) is 2.25. The maximum absolute atomic E-state index is 11.0. The van der Waals surface area contributed by atoms with Gasteiger partial charge in [0.15, 0.2) is 0 Å². The van der Waals surface area contributed by atoms with Crippen molar-refractivity contribution in [1.82, 2.24) is 0 Å². The highest BCUT2D eigenvalue weighted by Crippen LogP contribution is 1.96. The summed E-state index contributed by atoms with van der Waals surface area (Å²) in [4.78, 5) is 21.2. The number of ether oxygens (including phenoxy) is 2. The third-order valence-electron chi connectivity index (χ3n) is 1.69. The van der Waals surface area contributed by atoms with E-state index in [2.05, 4.69) is 0 Å². The van der Waals surface area contributed by atoms with Crippen molar-refractivity contribution in [3.8, 4) is 0 Å². The largest absolute Gasteiger partial charge is 0.548 e. The predicted octanol–water partition coefficient (Wildman–Crippen LogP) is -2.60. The number of aliphatic hydroxyl groups is 1. The molecule has 0 fully saturated rings. The number of aliphatic carboxylic acids is 1. The number of aliphatic hydroxyl groups excluding tert-OH is 1. The van der Waals surface area contributed by atoms with Crippen molar-refractivity contribution in [3.05, 3.63) is 0 Å². The van der Waals surface area contributed by atoms with Crippen LogP contribution < -0.4 is 10.8 Å². The summed E-state index contributed by atoms with van der Waals surface area (Å²) in [5, 5.41) is 18.6. The van der Waals surface area contributed by atoms with E-state index >= 15 is 0 Å². The van der Waals surface area contributed by atoms with Gasteiger partial charge in [0, 0.05) is 12.5 Å². The molecule has 16 heavy (non-hydrogen) atoms. The van der Waals surface area contributed by atoms with Gasteiger partial charge in [0.05, 0.1) is 25.8 Å². The van der Waals surface area contributed by atoms with E-state index in [1.54, 1.807) is 0 Å². The third-order valence-corrected chi connectivity index (χ3v) is 1.69. The summed E-state index contributed by atoms with van der Waals surface area (Å²) in [6.07, 6.45) is -0.0895. The molecule has 0 saturated heterocycles. The van der Waals surface area contributed by atoms with Gasteiger partial charge in [-0.3, -0.25) is 4.79 Å². The average molecular weight is 234 g/mol. The third kappa shape index (κ3) is 8.16. The predicted molar refractivity (Wildman–Crippen MR) is 51.1 cm³/mol. The monoisotopic (exact) mass is 234 g/mol. The Hall–Kier alpha value is -1.18. The molecule has 0 aromatic carbocycles. The molecule has 1 unspecified atom stereocenters. The van der Waals surface area contributed by atoms with Gasteiger partial charge in [-0.1, -0.05) is 0 Å². The number of hydrogen-bond donors (Lipinski definition) is 2. The minimum absolute atomic E-state index is 0.0152. The molecule has 7 nitrogen and oxygen atoms in total. The first-order valence-electron chi connectivity index (χ1n) is 4.88. The van der Waals surface area contributed by atoms with Gasteiger partial charge in [-0.25, -0.2) is 0 Å². The maximum Gasteiger partial charge on any atom is 0.305 e. The summed E-state index contributed by atoms with van der Waals surface area (Å²) >= 11 is 0. The molecule has 94 valence electrons. The highest BCUT2D eigenvalue weighted by atomic mass is 16.6. The summed E-state index contributed by atoms with van der Waals surface area (Å²) in [5.41, 5.74) is 5.14. The second-order valence-corrected chi connectivity index (χ2v) is 3.02. The van der Waals surface area contributed by atoms with Crippen LogP contribution in [0.3, 0.4) is 0 Å². The lowest BCUT2D eigenvalue weighted by atomic mass is 10.2. The van der Waals surface area contributed by atoms with Crippen molar-refractivity contribution < 1.29 is 29.3 Å². The summed E-state index contributed by atoms with van der Waals surface area (Å²) in [6.45, 7) is 0.361. The first-order valence-corrected chi connectivity index (χ1v) is 4.88. The van der Waals surface area contributed by atoms with Crippen LogP contribution in [0.4, 0.5) is 0 Å². The Kier molecular flexibility index (Phi) is 8.41. The van der Waals surface area contributed by atoms with Gasteiger partial charge in [0.1, 0.15) is 6.61 Å². The van der Waals surface area contributed by atoms with Crippen molar-refractivity contribution in [3.63, 3.8) is 0 Å². The Bertz CT molecular complexity index is 220. The standard InChI is InChI=1S/C9H17NO6/c10-7(9(13)14)1-2-8(12)16-6-5-15-4-3-11/h7,11H,1-6,10H2,(H,13,14)/p-1. The zero-order valence-corrected chi connectivity index (χ0v) is 8.89. The van der Waals surface area contributed by atoms with Crippen LogP contribution in [0, 0.1) is 0 Å². The number of carbonyl (C=O) groups excluding carboxylic acids is 2. The van der Waals surface area contributed by atoms with Crippen LogP contribution in [-0.4, -0.2) is 49.5 Å². The van der Waals surface area contributed by atoms with E-state index in [0.29, 0.717) is 0 Å². The van der Waals surface area contributed by atoms with Gasteiger partial charge >= 0.3 is 5.97 Å². The second kappa shape index (κ2) is 9.08. The first-order chi connectivity index (χ1) is 7.57. The SMILES string of the molecule is NC(CCC(=O)OCCOCCO)C(=O)[O-]. The van der Waals surface area contributed by atoms with Crippen molar-refractivity contribution in [1.29, 1.82) is 0 Å². The van der Waals surface area contributed by atoms with Crippen molar-refractivity contribution in [2.75, 3.05) is 26.4 Å². The van der Waals surface area contributed by atoms with E-state index in [-0.39, 0.29) is 39.3 Å². The molecule has 1 atom stereocenters. The quantitative estimate of drug-likeness (QED) is 0.331. The lowest BCUT2D eigenvalue weighted by molar-refractivity contribution is -0.307. The van der Waals surface area contributed by atoms with Crippen molar-refractivity contribution in [2.45, 2.75) is 18.9 Å². The van der Waals surface area contributed by atoms with Crippen molar-refractivity contribution in [2.24, 2.45) is 5.73 Å². The Morgan fingerprint density at radius 2 is 2.00 bits per heavy atom. The number of nitrogens with two attached hydrogens (primary N) is 1. The molecule has 0 spiro atoms. The molecular weight excluding hydrogens is 218 g/mol. The van der Waals surface area contributed by atoms with Gasteiger partial charge in [0.2, 0.25) is 0 Å². The van der Waals surface area contributed by atoms with E-state index in [9.17, 15) is 14.7 Å². The highest BCUT2D eigenvalue weighted by Gasteiger charge is 2.08. The number of carboxylic acid groups (broad SMARTS) is 1. The number of hydrogen-bond acceptors (Lipinski definition) is 7. The van der Waals surface area contributed by atoms with Crippen LogP contribution >= 0.6 is 0 Å². The van der Waals surface area contributed by atoms with Gasteiger partial charge in [-0.05, 0) is 6.42 Å². The van der Waals surface area contributed by atoms with E-state index in [1.165, 1.54) is 0 Å². The summed E-state index contributed by atoms with van der Waals surface area (Å²) in [7, 11) is 0. The van der Waals surface area contributed by atoms with Crippen molar-refractivity contribution >= 4 is 11.9 Å². The van der Waals surface area contributed by atoms with Gasteiger partial charge in [0.25, 0.3) is 0 Å². The highest BCUT2D eigenvalue weighted by molar-refractivity contribution is 5.73. The molecular formula is C9H16NO6-. The second-order valence-electron chi connectivity index (χ2n) is 3.02. The summed E-state index contributed by atoms with van der Waals surface area (Å²) < 4.78 is 9.55. The number of carbonyl (C=O) groups is 2. The molecule has 0 aromatic heterocycles. The fourth-order valence-corrected chi connectivity index (χ4v) is 0.844. The molecule has 0 bridgehead atoms. The Morgan fingerprint density at radius 3 is 2.56 bits per heavy atom. The van der Waals surface area contributed by atoms with Crippen LogP contribution in [0.25, 0.3) is 0 Å². The number of carboxylic acids is 1. The molecule has 0 radical (unpaired) electrons. The Labute approximate surface area is 93.1 Å². The lowest BCUT2D eigenvalue weighted by Gasteiger charge is -2.11. The molecule has 0 rings (SSSR count). The molecule has 0 aliphatic carbocycles. The minimum atomic E-state index is -1.39. The van der Waals surface area contributed by atoms with Gasteiger partial charge in [-0.15, -0.1) is 0 Å². The lowest BCUT2D eigenvalue weighted by Crippen LogP contribution is -2.42. The molecule has 7 heteroatoms. The number of rotatable bonds is 9. The Balaban J connectivity index is 3.41. The van der Waals surface area contributed by atoms with Crippen LogP contribution in [-0.2, 0) is 19.1 Å². The van der Waals surface area contributed by atoms with Crippen LogP contribution in [0.1, 0.15) is 12.8 Å². The maximum atomic E-state index is 11.0. The van der Waals surface area contributed by atoms with Crippen LogP contribution in [0.2, 0.25) is 0 Å². The molecule has 0 amide bonds. The fraction of sp³-hybridized carbons (Fsp3) is 0.778. The molecule has 0 aliphatic heterocycles. The first kappa shape index (κ1) is 14.8. The summed E-state index contributed by atoms with van der Waals surface area (Å²) in [6, 6.07) is -1.15. The minimum Gasteiger partial charge on any atom is -0.548 e. The molecule has 3 N–H and O–H groups in total. The normalized spacial score (nSPS) is 12.1. The molecule has 0 aromatic rings. The zero-order valence-electron chi connectivity index (χ0n) is 8.89. The van der Waals surface area contributed by atoms with Crippen LogP contribution in [0.5, 0.6) is 0 Å². The topological polar surface area (TPSA) is 122 Å². The van der Waals surface area contributed by atoms with E-state index in [4.69, 9.17) is 20.3 Å².